The van der Waals surface area contributed by atoms with Crippen molar-refractivity contribution in [3.8, 4) is 11.3 Å². The molecular formula is C21H22FN3OS. The van der Waals surface area contributed by atoms with Gasteiger partial charge in [-0.15, -0.1) is 11.3 Å². The summed E-state index contributed by atoms with van der Waals surface area (Å²) in [4.78, 5) is 16.0. The molecule has 0 bridgehead atoms. The highest BCUT2D eigenvalue weighted by molar-refractivity contribution is 7.10. The first-order valence-corrected chi connectivity index (χ1v) is 10.1. The zero-order valence-electron chi connectivity index (χ0n) is 15.5. The Hall–Kier alpha value is -2.47. The summed E-state index contributed by atoms with van der Waals surface area (Å²) < 4.78 is 15.3. The van der Waals surface area contributed by atoms with Gasteiger partial charge in [0.05, 0.1) is 12.2 Å². The van der Waals surface area contributed by atoms with Gasteiger partial charge in [-0.1, -0.05) is 6.92 Å². The van der Waals surface area contributed by atoms with E-state index in [0.29, 0.717) is 12.1 Å². The monoisotopic (exact) mass is 383 g/mol. The molecule has 1 amide bonds. The maximum atomic E-state index is 13.6. The van der Waals surface area contributed by atoms with Crippen LogP contribution in [0.3, 0.4) is 0 Å². The summed E-state index contributed by atoms with van der Waals surface area (Å²) in [6.45, 7) is 5.49. The zero-order chi connectivity index (χ0) is 19.0. The van der Waals surface area contributed by atoms with Crippen LogP contribution in [0.2, 0.25) is 0 Å². The van der Waals surface area contributed by atoms with Crippen LogP contribution in [-0.2, 0) is 30.7 Å². The number of carbonyl (C=O) groups excluding carboxylic acids is 1. The molecule has 6 heteroatoms. The van der Waals surface area contributed by atoms with E-state index < -0.39 is 0 Å². The van der Waals surface area contributed by atoms with Gasteiger partial charge in [0.25, 0.3) is 0 Å². The molecule has 140 valence electrons. The maximum absolute atomic E-state index is 13.6. The Labute approximate surface area is 162 Å². The number of halogens is 1. The van der Waals surface area contributed by atoms with Gasteiger partial charge < -0.3 is 4.90 Å². The SMILES string of the molecule is CCc1cc(-c2ccc(F)c(C)c2)nn1CC(=O)N1CCc2ccsc2C1. The van der Waals surface area contributed by atoms with Gasteiger partial charge in [-0.3, -0.25) is 9.48 Å². The fourth-order valence-electron chi connectivity index (χ4n) is 3.50. The number of nitrogens with zero attached hydrogens (tertiary/aromatic N) is 3. The summed E-state index contributed by atoms with van der Waals surface area (Å²) in [5.41, 5.74) is 4.62. The smallest absolute Gasteiger partial charge is 0.244 e. The highest BCUT2D eigenvalue weighted by atomic mass is 32.1. The van der Waals surface area contributed by atoms with Crippen LogP contribution in [-0.4, -0.2) is 27.1 Å². The summed E-state index contributed by atoms with van der Waals surface area (Å²) in [6.07, 6.45) is 1.71. The molecular weight excluding hydrogens is 361 g/mol. The van der Waals surface area contributed by atoms with E-state index in [1.54, 1.807) is 35.1 Å². The number of benzene rings is 1. The van der Waals surface area contributed by atoms with Crippen molar-refractivity contribution in [2.45, 2.75) is 39.8 Å². The molecule has 0 atom stereocenters. The third kappa shape index (κ3) is 3.54. The lowest BCUT2D eigenvalue weighted by Crippen LogP contribution is -2.37. The first-order valence-electron chi connectivity index (χ1n) is 9.21. The lowest BCUT2D eigenvalue weighted by molar-refractivity contribution is -0.132. The van der Waals surface area contributed by atoms with Gasteiger partial charge >= 0.3 is 0 Å². The molecule has 0 saturated carbocycles. The molecule has 0 spiro atoms. The standard InChI is InChI=1S/C21H22FN3OS/c1-3-17-11-19(16-4-5-18(22)14(2)10-16)23-25(17)13-21(26)24-8-6-15-7-9-27-20(15)12-24/h4-5,7,9-11H,3,6,8,12-13H2,1-2H3. The molecule has 3 aromatic rings. The number of amides is 1. The van der Waals surface area contributed by atoms with E-state index in [2.05, 4.69) is 23.5 Å². The van der Waals surface area contributed by atoms with Crippen LogP contribution in [0.25, 0.3) is 11.3 Å². The molecule has 0 unspecified atom stereocenters. The number of aryl methyl sites for hydroxylation is 2. The Morgan fingerprint density at radius 2 is 2.15 bits per heavy atom. The summed E-state index contributed by atoms with van der Waals surface area (Å²) in [6, 6.07) is 9.15. The lowest BCUT2D eigenvalue weighted by Gasteiger charge is -2.27. The van der Waals surface area contributed by atoms with Gasteiger partial charge in [-0.25, -0.2) is 4.39 Å². The number of rotatable bonds is 4. The fourth-order valence-corrected chi connectivity index (χ4v) is 4.45. The number of hydrogen-bond acceptors (Lipinski definition) is 3. The van der Waals surface area contributed by atoms with Crippen LogP contribution >= 0.6 is 11.3 Å². The van der Waals surface area contributed by atoms with Crippen LogP contribution in [0.15, 0.2) is 35.7 Å². The number of carbonyl (C=O) groups is 1. The average Bonchev–Trinajstić information content (AvgIpc) is 3.29. The van der Waals surface area contributed by atoms with E-state index in [0.717, 1.165) is 36.3 Å². The van der Waals surface area contributed by atoms with E-state index in [-0.39, 0.29) is 18.3 Å². The Balaban J connectivity index is 1.54. The third-order valence-electron chi connectivity index (χ3n) is 5.14. The van der Waals surface area contributed by atoms with Crippen LogP contribution in [0.5, 0.6) is 0 Å². The molecule has 4 nitrogen and oxygen atoms in total. The molecule has 0 fully saturated rings. The minimum atomic E-state index is -0.220. The molecule has 27 heavy (non-hydrogen) atoms. The Morgan fingerprint density at radius 3 is 2.93 bits per heavy atom. The Bertz CT molecular complexity index is 991. The molecule has 1 aliphatic heterocycles. The molecule has 0 radical (unpaired) electrons. The molecule has 1 aliphatic rings. The molecule has 0 saturated heterocycles. The van der Waals surface area contributed by atoms with Gasteiger partial charge in [0.15, 0.2) is 0 Å². The average molecular weight is 383 g/mol. The Kier molecular flexibility index (Phi) is 4.83. The van der Waals surface area contributed by atoms with Crippen molar-refractivity contribution in [2.75, 3.05) is 6.54 Å². The minimum Gasteiger partial charge on any atom is -0.336 e. The molecule has 2 aromatic heterocycles. The van der Waals surface area contributed by atoms with Crippen molar-refractivity contribution in [1.29, 1.82) is 0 Å². The normalized spacial score (nSPS) is 13.7. The highest BCUT2D eigenvalue weighted by Crippen LogP contribution is 2.25. The van der Waals surface area contributed by atoms with Crippen LogP contribution < -0.4 is 0 Å². The number of hydrogen-bond donors (Lipinski definition) is 0. The molecule has 1 aromatic carbocycles. The van der Waals surface area contributed by atoms with E-state index >= 15 is 0 Å². The Morgan fingerprint density at radius 1 is 1.30 bits per heavy atom. The zero-order valence-corrected chi connectivity index (χ0v) is 16.4. The number of fused-ring (bicyclic) bond motifs is 1. The lowest BCUT2D eigenvalue weighted by atomic mass is 10.1. The third-order valence-corrected chi connectivity index (χ3v) is 6.09. The van der Waals surface area contributed by atoms with Crippen LogP contribution in [0, 0.1) is 12.7 Å². The molecule has 4 rings (SSSR count). The molecule has 3 heterocycles. The van der Waals surface area contributed by atoms with Crippen molar-refractivity contribution in [3.05, 3.63) is 63.2 Å². The fraction of sp³-hybridized carbons (Fsp3) is 0.333. The highest BCUT2D eigenvalue weighted by Gasteiger charge is 2.22. The quantitative estimate of drug-likeness (QED) is 0.677. The van der Waals surface area contributed by atoms with E-state index in [9.17, 15) is 9.18 Å². The van der Waals surface area contributed by atoms with Crippen molar-refractivity contribution >= 4 is 17.2 Å². The molecule has 0 aliphatic carbocycles. The van der Waals surface area contributed by atoms with Crippen molar-refractivity contribution in [3.63, 3.8) is 0 Å². The van der Waals surface area contributed by atoms with Gasteiger partial charge in [0.2, 0.25) is 5.91 Å². The van der Waals surface area contributed by atoms with E-state index in [1.807, 2.05) is 11.0 Å². The van der Waals surface area contributed by atoms with Gasteiger partial charge in [0, 0.05) is 22.7 Å². The summed E-state index contributed by atoms with van der Waals surface area (Å²) in [5, 5.41) is 6.74. The first-order chi connectivity index (χ1) is 13.0. The second-order valence-corrected chi connectivity index (χ2v) is 7.93. The number of aromatic nitrogens is 2. The predicted molar refractivity (Wildman–Crippen MR) is 105 cm³/mol. The van der Waals surface area contributed by atoms with Gasteiger partial charge in [-0.2, -0.15) is 5.10 Å². The van der Waals surface area contributed by atoms with Crippen molar-refractivity contribution < 1.29 is 9.18 Å². The van der Waals surface area contributed by atoms with Crippen molar-refractivity contribution in [1.82, 2.24) is 14.7 Å². The summed E-state index contributed by atoms with van der Waals surface area (Å²) >= 11 is 1.72. The van der Waals surface area contributed by atoms with E-state index in [4.69, 9.17) is 0 Å². The van der Waals surface area contributed by atoms with Crippen LogP contribution in [0.4, 0.5) is 4.39 Å². The van der Waals surface area contributed by atoms with Crippen molar-refractivity contribution in [2.24, 2.45) is 0 Å². The van der Waals surface area contributed by atoms with Gasteiger partial charge in [-0.05, 0) is 66.6 Å². The number of thiophene rings is 1. The summed E-state index contributed by atoms with van der Waals surface area (Å²) in [5.74, 6) is -0.129. The predicted octanol–water partition coefficient (Wildman–Crippen LogP) is 4.21. The van der Waals surface area contributed by atoms with Crippen LogP contribution in [0.1, 0.15) is 28.6 Å². The largest absolute Gasteiger partial charge is 0.336 e. The minimum absolute atomic E-state index is 0.0914. The summed E-state index contributed by atoms with van der Waals surface area (Å²) in [7, 11) is 0. The topological polar surface area (TPSA) is 38.1 Å². The second-order valence-electron chi connectivity index (χ2n) is 6.93. The maximum Gasteiger partial charge on any atom is 0.244 e. The first kappa shape index (κ1) is 17.9. The van der Waals surface area contributed by atoms with E-state index in [1.165, 1.54) is 16.5 Å². The molecule has 0 N–H and O–H groups in total. The van der Waals surface area contributed by atoms with Gasteiger partial charge in [0.1, 0.15) is 12.4 Å². The second kappa shape index (κ2) is 7.27.